The molecule has 0 saturated carbocycles. The Hall–Kier alpha value is -1.55. The van der Waals surface area contributed by atoms with E-state index in [1.54, 1.807) is 0 Å². The monoisotopic (exact) mass is 190 g/mol. The van der Waals surface area contributed by atoms with Gasteiger partial charge in [0.2, 0.25) is 0 Å². The number of hydrogen-bond acceptors (Lipinski definition) is 2. The summed E-state index contributed by atoms with van der Waals surface area (Å²) < 4.78 is 2.10. The summed E-state index contributed by atoms with van der Waals surface area (Å²) in [7, 11) is 3.95. The maximum Gasteiger partial charge on any atom is 0.122 e. The van der Waals surface area contributed by atoms with Crippen LogP contribution < -0.4 is 5.32 Å². The molecule has 4 heteroatoms. The highest BCUT2D eigenvalue weighted by Gasteiger charge is 2.07. The number of imidazole rings is 1. The first-order valence-corrected chi connectivity index (χ1v) is 4.61. The van der Waals surface area contributed by atoms with Crippen LogP contribution in [0.15, 0.2) is 24.7 Å². The highest BCUT2D eigenvalue weighted by Crippen LogP contribution is 2.18. The summed E-state index contributed by atoms with van der Waals surface area (Å²) >= 11 is 0. The van der Waals surface area contributed by atoms with Crippen LogP contribution in [0.1, 0.15) is 5.82 Å². The van der Waals surface area contributed by atoms with Gasteiger partial charge in [-0.1, -0.05) is 0 Å². The van der Waals surface area contributed by atoms with Gasteiger partial charge in [-0.2, -0.15) is 0 Å². The second-order valence-electron chi connectivity index (χ2n) is 3.25. The van der Waals surface area contributed by atoms with Crippen molar-refractivity contribution in [1.29, 1.82) is 0 Å². The Balaban J connectivity index is 2.36. The maximum absolute atomic E-state index is 4.35. The van der Waals surface area contributed by atoms with E-state index in [2.05, 4.69) is 19.9 Å². The standard InChI is InChI=1S/C10H14N4/c1-11-7-10-13-6-9(14(10)2)8-3-4-12-5-8/h3-6,11-12H,7H2,1-2H3. The summed E-state index contributed by atoms with van der Waals surface area (Å²) in [5.41, 5.74) is 2.30. The molecule has 2 heterocycles. The molecule has 74 valence electrons. The topological polar surface area (TPSA) is 45.6 Å². The second-order valence-corrected chi connectivity index (χ2v) is 3.25. The van der Waals surface area contributed by atoms with Crippen molar-refractivity contribution in [2.45, 2.75) is 6.54 Å². The summed E-state index contributed by atoms with van der Waals surface area (Å²) in [5.74, 6) is 1.05. The smallest absolute Gasteiger partial charge is 0.122 e. The van der Waals surface area contributed by atoms with Gasteiger partial charge in [-0.15, -0.1) is 0 Å². The van der Waals surface area contributed by atoms with E-state index >= 15 is 0 Å². The Bertz CT molecular complexity index is 400. The molecule has 0 fully saturated rings. The van der Waals surface area contributed by atoms with E-state index < -0.39 is 0 Å². The fourth-order valence-electron chi connectivity index (χ4n) is 1.52. The van der Waals surface area contributed by atoms with Crippen LogP contribution in [-0.2, 0) is 13.6 Å². The molecule has 2 aromatic heterocycles. The van der Waals surface area contributed by atoms with Crippen molar-refractivity contribution in [1.82, 2.24) is 19.9 Å². The Labute approximate surface area is 83.0 Å². The number of rotatable bonds is 3. The highest BCUT2D eigenvalue weighted by molar-refractivity contribution is 5.58. The Kier molecular flexibility index (Phi) is 2.37. The molecule has 2 rings (SSSR count). The first-order valence-electron chi connectivity index (χ1n) is 4.61. The minimum Gasteiger partial charge on any atom is -0.367 e. The van der Waals surface area contributed by atoms with Crippen LogP contribution in [0.3, 0.4) is 0 Å². The third-order valence-corrected chi connectivity index (χ3v) is 2.31. The number of hydrogen-bond donors (Lipinski definition) is 2. The average Bonchev–Trinajstić information content (AvgIpc) is 2.77. The van der Waals surface area contributed by atoms with Gasteiger partial charge in [0.15, 0.2) is 0 Å². The zero-order chi connectivity index (χ0) is 9.97. The number of aromatic amines is 1. The summed E-state index contributed by atoms with van der Waals surface area (Å²) in [5, 5.41) is 3.09. The zero-order valence-electron chi connectivity index (χ0n) is 8.41. The minimum absolute atomic E-state index is 0.793. The molecular weight excluding hydrogens is 176 g/mol. The number of aromatic nitrogens is 3. The van der Waals surface area contributed by atoms with Gasteiger partial charge in [0, 0.05) is 25.0 Å². The van der Waals surface area contributed by atoms with Crippen LogP contribution in [-0.4, -0.2) is 21.6 Å². The van der Waals surface area contributed by atoms with Crippen molar-refractivity contribution in [3.63, 3.8) is 0 Å². The lowest BCUT2D eigenvalue weighted by molar-refractivity contribution is 0.712. The summed E-state index contributed by atoms with van der Waals surface area (Å²) in [6, 6.07) is 2.04. The molecule has 0 aliphatic carbocycles. The molecule has 0 aliphatic heterocycles. The van der Waals surface area contributed by atoms with Gasteiger partial charge in [-0.05, 0) is 13.1 Å². The van der Waals surface area contributed by atoms with Gasteiger partial charge in [0.1, 0.15) is 5.82 Å². The van der Waals surface area contributed by atoms with Crippen LogP contribution in [0.5, 0.6) is 0 Å². The lowest BCUT2D eigenvalue weighted by Crippen LogP contribution is -2.10. The van der Waals surface area contributed by atoms with Crippen molar-refractivity contribution >= 4 is 0 Å². The van der Waals surface area contributed by atoms with Crippen LogP contribution >= 0.6 is 0 Å². The lowest BCUT2D eigenvalue weighted by atomic mass is 10.2. The third kappa shape index (κ3) is 1.44. The Morgan fingerprint density at radius 2 is 2.43 bits per heavy atom. The number of H-pyrrole nitrogens is 1. The molecule has 0 aromatic carbocycles. The predicted octanol–water partition coefficient (Wildman–Crippen LogP) is 1.13. The Morgan fingerprint density at radius 3 is 3.07 bits per heavy atom. The van der Waals surface area contributed by atoms with Crippen molar-refractivity contribution in [2.24, 2.45) is 7.05 Å². The first-order chi connectivity index (χ1) is 6.83. The predicted molar refractivity (Wildman–Crippen MR) is 55.8 cm³/mol. The highest BCUT2D eigenvalue weighted by atomic mass is 15.1. The second kappa shape index (κ2) is 3.67. The van der Waals surface area contributed by atoms with Crippen molar-refractivity contribution in [3.05, 3.63) is 30.5 Å². The molecule has 0 spiro atoms. The van der Waals surface area contributed by atoms with E-state index in [1.807, 2.05) is 38.8 Å². The molecule has 0 radical (unpaired) electrons. The molecule has 0 amide bonds. The van der Waals surface area contributed by atoms with E-state index in [1.165, 1.54) is 5.56 Å². The average molecular weight is 190 g/mol. The largest absolute Gasteiger partial charge is 0.367 e. The third-order valence-electron chi connectivity index (χ3n) is 2.31. The Morgan fingerprint density at radius 1 is 1.57 bits per heavy atom. The minimum atomic E-state index is 0.793. The van der Waals surface area contributed by atoms with Crippen LogP contribution in [0.2, 0.25) is 0 Å². The molecule has 0 aliphatic rings. The molecule has 14 heavy (non-hydrogen) atoms. The first kappa shape index (κ1) is 9.02. The summed E-state index contributed by atoms with van der Waals surface area (Å²) in [6.45, 7) is 0.793. The van der Waals surface area contributed by atoms with Gasteiger partial charge in [0.25, 0.3) is 0 Å². The maximum atomic E-state index is 4.35. The SMILES string of the molecule is CNCc1ncc(-c2cc[nH]c2)n1C. The van der Waals surface area contributed by atoms with E-state index in [4.69, 9.17) is 0 Å². The lowest BCUT2D eigenvalue weighted by Gasteiger charge is -2.03. The van der Waals surface area contributed by atoms with Gasteiger partial charge < -0.3 is 14.9 Å². The van der Waals surface area contributed by atoms with Gasteiger partial charge in [-0.3, -0.25) is 0 Å². The zero-order valence-corrected chi connectivity index (χ0v) is 8.41. The molecule has 4 nitrogen and oxygen atoms in total. The van der Waals surface area contributed by atoms with Crippen molar-refractivity contribution in [3.8, 4) is 11.3 Å². The van der Waals surface area contributed by atoms with E-state index in [-0.39, 0.29) is 0 Å². The summed E-state index contributed by atoms with van der Waals surface area (Å²) in [6.07, 6.45) is 5.79. The number of nitrogens with zero attached hydrogens (tertiary/aromatic N) is 2. The summed E-state index contributed by atoms with van der Waals surface area (Å²) in [4.78, 5) is 7.39. The van der Waals surface area contributed by atoms with Gasteiger partial charge >= 0.3 is 0 Å². The van der Waals surface area contributed by atoms with Crippen molar-refractivity contribution in [2.75, 3.05) is 7.05 Å². The van der Waals surface area contributed by atoms with Gasteiger partial charge in [-0.25, -0.2) is 4.98 Å². The molecule has 2 N–H and O–H groups in total. The van der Waals surface area contributed by atoms with E-state index in [9.17, 15) is 0 Å². The van der Waals surface area contributed by atoms with Crippen molar-refractivity contribution < 1.29 is 0 Å². The quantitative estimate of drug-likeness (QED) is 0.762. The molecule has 0 bridgehead atoms. The molecule has 0 unspecified atom stereocenters. The molecule has 2 aromatic rings. The molecular formula is C10H14N4. The van der Waals surface area contributed by atoms with E-state index in [0.29, 0.717) is 0 Å². The normalized spacial score (nSPS) is 10.7. The fourth-order valence-corrected chi connectivity index (χ4v) is 1.52. The fraction of sp³-hybridized carbons (Fsp3) is 0.300. The van der Waals surface area contributed by atoms with E-state index in [0.717, 1.165) is 18.1 Å². The molecule has 0 saturated heterocycles. The van der Waals surface area contributed by atoms with Crippen LogP contribution in [0.4, 0.5) is 0 Å². The van der Waals surface area contributed by atoms with Crippen LogP contribution in [0, 0.1) is 0 Å². The number of nitrogens with one attached hydrogen (secondary N) is 2. The van der Waals surface area contributed by atoms with Crippen LogP contribution in [0.25, 0.3) is 11.3 Å². The van der Waals surface area contributed by atoms with Gasteiger partial charge in [0.05, 0.1) is 18.4 Å². The molecule has 0 atom stereocenters.